The number of benzene rings is 1. The number of aliphatic carboxylic acids is 1. The smallest absolute Gasteiger partial charge is 0.333 e. The van der Waals surface area contributed by atoms with Crippen LogP contribution in [0, 0.1) is 17.5 Å². The van der Waals surface area contributed by atoms with Gasteiger partial charge in [-0.05, 0) is 24.3 Å². The summed E-state index contributed by atoms with van der Waals surface area (Å²) in [6, 6.07) is 4.00. The van der Waals surface area contributed by atoms with Gasteiger partial charge in [-0.2, -0.15) is 0 Å². The molecule has 4 rings (SSSR count). The molecule has 2 aliphatic heterocycles. The first kappa shape index (κ1) is 18.0. The summed E-state index contributed by atoms with van der Waals surface area (Å²) >= 11 is 0. The number of carbonyl (C=O) groups is 2. The third kappa shape index (κ3) is 3.08. The highest BCUT2D eigenvalue weighted by atomic mass is 19.1. The summed E-state index contributed by atoms with van der Waals surface area (Å²) in [5.74, 6) is -3.62. The zero-order valence-electron chi connectivity index (χ0n) is 14.5. The van der Waals surface area contributed by atoms with Gasteiger partial charge in [0.25, 0.3) is 0 Å². The average Bonchev–Trinajstić information content (AvgIpc) is 3.06. The van der Waals surface area contributed by atoms with Crippen LogP contribution in [0.2, 0.25) is 0 Å². The van der Waals surface area contributed by atoms with Gasteiger partial charge in [-0.1, -0.05) is 0 Å². The minimum atomic E-state index is -1.24. The van der Waals surface area contributed by atoms with Crippen molar-refractivity contribution in [3.05, 3.63) is 52.9 Å². The van der Waals surface area contributed by atoms with Gasteiger partial charge < -0.3 is 14.9 Å². The highest BCUT2D eigenvalue weighted by molar-refractivity contribution is 5.97. The van der Waals surface area contributed by atoms with Crippen molar-refractivity contribution >= 4 is 35.2 Å². The van der Waals surface area contributed by atoms with Gasteiger partial charge in [0.2, 0.25) is 0 Å². The van der Waals surface area contributed by atoms with Crippen molar-refractivity contribution in [2.45, 2.75) is 6.42 Å². The summed E-state index contributed by atoms with van der Waals surface area (Å²) in [6.45, 7) is 0.0917. The first-order valence-electron chi connectivity index (χ1n) is 8.47. The van der Waals surface area contributed by atoms with Crippen LogP contribution < -0.4 is 9.80 Å². The molecule has 0 unspecified atom stereocenters. The van der Waals surface area contributed by atoms with Crippen LogP contribution in [0.1, 0.15) is 12.0 Å². The molecule has 2 aromatic rings. The minimum Gasteiger partial charge on any atom is -0.478 e. The molecule has 0 spiro atoms. The number of aromatic nitrogens is 1. The molecule has 1 aromatic heterocycles. The van der Waals surface area contributed by atoms with Crippen molar-refractivity contribution in [2.24, 2.45) is 0 Å². The molecule has 144 valence electrons. The number of anilines is 3. The van der Waals surface area contributed by atoms with E-state index in [1.54, 1.807) is 0 Å². The van der Waals surface area contributed by atoms with E-state index < -0.39 is 23.4 Å². The topological polar surface area (TPSA) is 73.7 Å². The van der Waals surface area contributed by atoms with Crippen molar-refractivity contribution in [1.29, 1.82) is 0 Å². The van der Waals surface area contributed by atoms with Gasteiger partial charge >= 0.3 is 5.97 Å². The number of carboxylic acids is 1. The molecule has 1 fully saturated rings. The molecular weight excluding hydrogens is 375 g/mol. The lowest BCUT2D eigenvalue weighted by Crippen LogP contribution is -2.30. The Morgan fingerprint density at radius 2 is 1.86 bits per heavy atom. The fraction of sp³-hybridized carbons (Fsp3) is 0.211. The number of carboxylic acid groups (broad SMARTS) is 1. The Hall–Kier alpha value is -3.36. The van der Waals surface area contributed by atoms with Crippen molar-refractivity contribution in [3.63, 3.8) is 0 Å². The second kappa shape index (κ2) is 6.66. The van der Waals surface area contributed by atoms with E-state index >= 15 is 0 Å². The maximum Gasteiger partial charge on any atom is 0.333 e. The number of halogens is 3. The van der Waals surface area contributed by atoms with E-state index in [1.165, 1.54) is 21.9 Å². The highest BCUT2D eigenvalue weighted by Crippen LogP contribution is 2.37. The Balaban J connectivity index is 1.87. The second-order valence-corrected chi connectivity index (χ2v) is 6.57. The molecule has 9 heteroatoms. The first-order valence-corrected chi connectivity index (χ1v) is 8.47. The number of ketones is 1. The summed E-state index contributed by atoms with van der Waals surface area (Å²) in [4.78, 5) is 30.0. The van der Waals surface area contributed by atoms with Crippen molar-refractivity contribution in [2.75, 3.05) is 29.4 Å². The van der Waals surface area contributed by atoms with Gasteiger partial charge in [-0.15, -0.1) is 0 Å². The van der Waals surface area contributed by atoms with Gasteiger partial charge in [-0.3, -0.25) is 4.79 Å². The number of hydrogen-bond donors (Lipinski definition) is 1. The zero-order valence-corrected chi connectivity index (χ0v) is 14.5. The Kier molecular flexibility index (Phi) is 4.29. The van der Waals surface area contributed by atoms with Gasteiger partial charge in [0.1, 0.15) is 17.5 Å². The van der Waals surface area contributed by atoms with Crippen molar-refractivity contribution < 1.29 is 27.9 Å². The van der Waals surface area contributed by atoms with Crippen LogP contribution >= 0.6 is 0 Å². The monoisotopic (exact) mass is 389 g/mol. The lowest BCUT2D eigenvalue weighted by atomic mass is 10.0. The second-order valence-electron chi connectivity index (χ2n) is 6.57. The quantitative estimate of drug-likeness (QED) is 0.870. The molecule has 0 bridgehead atoms. The average molecular weight is 389 g/mol. The van der Waals surface area contributed by atoms with Crippen LogP contribution in [0.15, 0.2) is 29.8 Å². The van der Waals surface area contributed by atoms with E-state index in [2.05, 4.69) is 4.98 Å². The van der Waals surface area contributed by atoms with Gasteiger partial charge in [0.05, 0.1) is 24.4 Å². The van der Waals surface area contributed by atoms with E-state index in [9.17, 15) is 27.9 Å². The Morgan fingerprint density at radius 3 is 2.50 bits per heavy atom. The number of pyridine rings is 1. The number of hydrogen-bond acceptors (Lipinski definition) is 5. The van der Waals surface area contributed by atoms with Crippen LogP contribution in [-0.4, -0.2) is 41.5 Å². The lowest BCUT2D eigenvalue weighted by Gasteiger charge is -2.30. The summed E-state index contributed by atoms with van der Waals surface area (Å²) in [5.41, 5.74) is -0.0299. The standard InChI is InChI=1S/C19H14F3N3O3/c20-12-1-2-16(14(21)7-12)25-8-11(19(27)28)5-10-6-15(22)18(23-17(10)25)24-4-3-13(26)9-24/h1-2,5-7H,3-4,8-9H2,(H,27,28). The molecule has 1 N–H and O–H groups in total. The number of fused-ring (bicyclic) bond motifs is 1. The predicted molar refractivity (Wildman–Crippen MR) is 95.0 cm³/mol. The lowest BCUT2D eigenvalue weighted by molar-refractivity contribution is -0.132. The van der Waals surface area contributed by atoms with Crippen LogP contribution in [0.25, 0.3) is 6.08 Å². The van der Waals surface area contributed by atoms with E-state index in [0.717, 1.165) is 12.1 Å². The van der Waals surface area contributed by atoms with Gasteiger partial charge in [0, 0.05) is 24.6 Å². The number of carbonyl (C=O) groups excluding carboxylic acids is 1. The highest BCUT2D eigenvalue weighted by Gasteiger charge is 2.30. The molecular formula is C19H14F3N3O3. The van der Waals surface area contributed by atoms with Crippen LogP contribution in [-0.2, 0) is 9.59 Å². The van der Waals surface area contributed by atoms with Crippen molar-refractivity contribution in [1.82, 2.24) is 4.98 Å². The largest absolute Gasteiger partial charge is 0.478 e. The number of Topliss-reactive ketones (excluding diaryl/α,β-unsaturated/α-hetero) is 1. The summed E-state index contributed by atoms with van der Waals surface area (Å²) in [6.07, 6.45) is 1.54. The Morgan fingerprint density at radius 1 is 1.07 bits per heavy atom. The molecule has 0 atom stereocenters. The van der Waals surface area contributed by atoms with Crippen LogP contribution in [0.5, 0.6) is 0 Å². The number of nitrogens with zero attached hydrogens (tertiary/aromatic N) is 3. The molecule has 0 radical (unpaired) electrons. The third-order valence-electron chi connectivity index (χ3n) is 4.68. The molecule has 0 aliphatic carbocycles. The van der Waals surface area contributed by atoms with E-state index in [4.69, 9.17) is 0 Å². The SMILES string of the molecule is O=C1CCN(c2nc3c(cc2F)C=C(C(=O)O)CN3c2ccc(F)cc2F)C1. The van der Waals surface area contributed by atoms with E-state index in [-0.39, 0.29) is 53.8 Å². The summed E-state index contributed by atoms with van der Waals surface area (Å²) in [7, 11) is 0. The Bertz CT molecular complexity index is 1040. The first-order chi connectivity index (χ1) is 13.3. The Labute approximate surface area is 157 Å². The molecule has 28 heavy (non-hydrogen) atoms. The fourth-order valence-electron chi connectivity index (χ4n) is 3.35. The summed E-state index contributed by atoms with van der Waals surface area (Å²) < 4.78 is 42.3. The fourth-order valence-corrected chi connectivity index (χ4v) is 3.35. The molecule has 1 aromatic carbocycles. The molecule has 3 heterocycles. The molecule has 6 nitrogen and oxygen atoms in total. The molecule has 1 saturated heterocycles. The van der Waals surface area contributed by atoms with E-state index in [1.807, 2.05) is 0 Å². The van der Waals surface area contributed by atoms with Gasteiger partial charge in [-0.25, -0.2) is 22.9 Å². The minimum absolute atomic E-state index is 0.0177. The number of rotatable bonds is 3. The van der Waals surface area contributed by atoms with Crippen LogP contribution in [0.4, 0.5) is 30.5 Å². The molecule has 0 amide bonds. The van der Waals surface area contributed by atoms with E-state index in [0.29, 0.717) is 12.6 Å². The molecule has 0 saturated carbocycles. The maximum atomic E-state index is 14.6. The van der Waals surface area contributed by atoms with Gasteiger partial charge in [0.15, 0.2) is 17.4 Å². The maximum absolute atomic E-state index is 14.6. The van der Waals surface area contributed by atoms with Crippen LogP contribution in [0.3, 0.4) is 0 Å². The van der Waals surface area contributed by atoms with Crippen molar-refractivity contribution in [3.8, 4) is 0 Å². The normalized spacial score (nSPS) is 16.2. The zero-order chi connectivity index (χ0) is 20.0. The predicted octanol–water partition coefficient (Wildman–Crippen LogP) is 2.90. The molecule has 2 aliphatic rings. The summed E-state index contributed by atoms with van der Waals surface area (Å²) in [5, 5.41) is 9.36. The third-order valence-corrected chi connectivity index (χ3v) is 4.68.